The van der Waals surface area contributed by atoms with Crippen LogP contribution in [0.1, 0.15) is 39.5 Å². The largest absolute Gasteiger partial charge is 0.396 e. The predicted molar refractivity (Wildman–Crippen MR) is 93.3 cm³/mol. The Morgan fingerprint density at radius 2 is 2.04 bits per heavy atom. The Morgan fingerprint density at radius 1 is 1.30 bits per heavy atom. The lowest BCUT2D eigenvalue weighted by atomic mass is 9.96. The van der Waals surface area contributed by atoms with Gasteiger partial charge in [0.1, 0.15) is 0 Å². The highest BCUT2D eigenvalue weighted by Gasteiger charge is 2.22. The summed E-state index contributed by atoms with van der Waals surface area (Å²) in [7, 11) is 0. The molecule has 0 bridgehead atoms. The van der Waals surface area contributed by atoms with Gasteiger partial charge in [0.2, 0.25) is 0 Å². The highest BCUT2D eigenvalue weighted by Crippen LogP contribution is 2.18. The molecule has 1 heterocycles. The van der Waals surface area contributed by atoms with E-state index in [-0.39, 0.29) is 24.6 Å². The van der Waals surface area contributed by atoms with Crippen LogP contribution in [0.4, 0.5) is 4.79 Å². The lowest BCUT2D eigenvalue weighted by molar-refractivity contribution is 0.174. The molecule has 2 rings (SSSR count). The number of nitrogens with one attached hydrogen (secondary N) is 2. The van der Waals surface area contributed by atoms with E-state index in [1.54, 1.807) is 0 Å². The number of nitrogens with zero attached hydrogens (tertiary/aromatic N) is 1. The number of hydrogen-bond acceptors (Lipinski definition) is 3. The van der Waals surface area contributed by atoms with Crippen LogP contribution in [0.2, 0.25) is 0 Å². The summed E-state index contributed by atoms with van der Waals surface area (Å²) in [6.07, 6.45) is 8.39. The zero-order valence-corrected chi connectivity index (χ0v) is 14.6. The fraction of sp³-hybridized carbons (Fsp3) is 0.833. The van der Waals surface area contributed by atoms with Crippen molar-refractivity contribution in [3.8, 4) is 0 Å². The van der Waals surface area contributed by atoms with Crippen LogP contribution in [0.25, 0.3) is 0 Å². The van der Waals surface area contributed by atoms with Gasteiger partial charge in [0.25, 0.3) is 0 Å². The van der Waals surface area contributed by atoms with E-state index in [1.165, 1.54) is 25.8 Å². The maximum atomic E-state index is 11.9. The fourth-order valence-corrected chi connectivity index (χ4v) is 3.33. The second-order valence-electron chi connectivity index (χ2n) is 7.49. The molecule has 2 amide bonds. The predicted octanol–water partition coefficient (Wildman–Crippen LogP) is 1.98. The molecule has 2 aliphatic rings. The lowest BCUT2D eigenvalue weighted by Crippen LogP contribution is -2.44. The summed E-state index contributed by atoms with van der Waals surface area (Å²) >= 11 is 0. The van der Waals surface area contributed by atoms with Crippen LogP contribution < -0.4 is 10.6 Å². The molecule has 132 valence electrons. The van der Waals surface area contributed by atoms with Gasteiger partial charge in [-0.15, -0.1) is 0 Å². The van der Waals surface area contributed by atoms with E-state index in [1.807, 2.05) is 12.2 Å². The molecule has 3 N–H and O–H groups in total. The molecule has 1 saturated heterocycles. The third kappa shape index (κ3) is 6.51. The lowest BCUT2D eigenvalue weighted by Gasteiger charge is -2.32. The van der Waals surface area contributed by atoms with E-state index in [0.717, 1.165) is 32.0 Å². The van der Waals surface area contributed by atoms with Gasteiger partial charge in [0.15, 0.2) is 0 Å². The van der Waals surface area contributed by atoms with Crippen molar-refractivity contribution in [2.24, 2.45) is 17.8 Å². The second-order valence-corrected chi connectivity index (χ2v) is 7.49. The van der Waals surface area contributed by atoms with Crippen molar-refractivity contribution in [2.45, 2.75) is 45.6 Å². The van der Waals surface area contributed by atoms with Crippen LogP contribution in [0, 0.1) is 17.8 Å². The van der Waals surface area contributed by atoms with Crippen molar-refractivity contribution in [1.29, 1.82) is 0 Å². The first-order chi connectivity index (χ1) is 11.1. The standard InChI is InChI=1S/C18H33N3O2/c1-14(2)5-8-21-9-6-15(7-10-21)12-19-18(23)20-17-4-3-16(11-17)13-22/h3-4,14-17,22H,5-13H2,1-2H3,(H2,19,20,23)/t16-,17+/m0/s1. The van der Waals surface area contributed by atoms with Crippen molar-refractivity contribution in [1.82, 2.24) is 15.5 Å². The van der Waals surface area contributed by atoms with E-state index in [2.05, 4.69) is 29.4 Å². The number of rotatable bonds is 7. The second kappa shape index (κ2) is 9.28. The van der Waals surface area contributed by atoms with Crippen LogP contribution in [0.5, 0.6) is 0 Å². The number of urea groups is 1. The molecule has 0 spiro atoms. The third-order valence-electron chi connectivity index (χ3n) is 5.00. The summed E-state index contributed by atoms with van der Waals surface area (Å²) in [5.41, 5.74) is 0. The van der Waals surface area contributed by atoms with Gasteiger partial charge in [0.05, 0.1) is 0 Å². The normalized spacial score (nSPS) is 25.9. The quantitative estimate of drug-likeness (QED) is 0.628. The van der Waals surface area contributed by atoms with Gasteiger partial charge in [-0.05, 0) is 57.2 Å². The third-order valence-corrected chi connectivity index (χ3v) is 5.00. The van der Waals surface area contributed by atoms with E-state index in [0.29, 0.717) is 5.92 Å². The minimum Gasteiger partial charge on any atom is -0.396 e. The summed E-state index contributed by atoms with van der Waals surface area (Å²) in [5.74, 6) is 1.56. The summed E-state index contributed by atoms with van der Waals surface area (Å²) in [5, 5.41) is 15.1. The number of aliphatic hydroxyl groups excluding tert-OH is 1. The van der Waals surface area contributed by atoms with Gasteiger partial charge in [-0.25, -0.2) is 4.79 Å². The average molecular weight is 323 g/mol. The number of likely N-dealkylation sites (tertiary alicyclic amines) is 1. The Labute approximate surface area is 140 Å². The molecule has 1 fully saturated rings. The van der Waals surface area contributed by atoms with Crippen molar-refractivity contribution in [2.75, 3.05) is 32.8 Å². The van der Waals surface area contributed by atoms with Crippen molar-refractivity contribution >= 4 is 6.03 Å². The molecule has 0 aromatic rings. The molecule has 1 aliphatic carbocycles. The van der Waals surface area contributed by atoms with Gasteiger partial charge < -0.3 is 20.6 Å². The SMILES string of the molecule is CC(C)CCN1CCC(CNC(=O)N[C@@H]2C=C[C@H](CO)C2)CC1. The zero-order chi connectivity index (χ0) is 16.7. The number of carbonyl (C=O) groups excluding carboxylic acids is 1. The molecule has 5 heteroatoms. The van der Waals surface area contributed by atoms with Crippen molar-refractivity contribution < 1.29 is 9.90 Å². The molecular formula is C18H33N3O2. The molecule has 2 atom stereocenters. The maximum absolute atomic E-state index is 11.9. The monoisotopic (exact) mass is 323 g/mol. The van der Waals surface area contributed by atoms with E-state index < -0.39 is 0 Å². The van der Waals surface area contributed by atoms with Gasteiger partial charge in [-0.2, -0.15) is 0 Å². The first-order valence-corrected chi connectivity index (χ1v) is 9.12. The van der Waals surface area contributed by atoms with E-state index in [9.17, 15) is 4.79 Å². The maximum Gasteiger partial charge on any atom is 0.315 e. The minimum absolute atomic E-state index is 0.0602. The Balaban J connectivity index is 1.56. The molecular weight excluding hydrogens is 290 g/mol. The molecule has 0 unspecified atom stereocenters. The average Bonchev–Trinajstić information content (AvgIpc) is 2.99. The Morgan fingerprint density at radius 3 is 2.65 bits per heavy atom. The van der Waals surface area contributed by atoms with Crippen LogP contribution >= 0.6 is 0 Å². The molecule has 5 nitrogen and oxygen atoms in total. The molecule has 0 radical (unpaired) electrons. The van der Waals surface area contributed by atoms with E-state index in [4.69, 9.17) is 5.11 Å². The molecule has 0 saturated carbocycles. The van der Waals surface area contributed by atoms with Gasteiger partial charge in [-0.1, -0.05) is 26.0 Å². The fourth-order valence-electron chi connectivity index (χ4n) is 3.33. The number of aliphatic hydroxyl groups is 1. The van der Waals surface area contributed by atoms with Crippen LogP contribution in [0.3, 0.4) is 0 Å². The Hall–Kier alpha value is -1.07. The highest BCUT2D eigenvalue weighted by atomic mass is 16.3. The molecule has 1 aliphatic heterocycles. The minimum atomic E-state index is -0.0829. The summed E-state index contributed by atoms with van der Waals surface area (Å²) in [6, 6.07) is -0.0227. The summed E-state index contributed by atoms with van der Waals surface area (Å²) < 4.78 is 0. The van der Waals surface area contributed by atoms with Crippen molar-refractivity contribution in [3.05, 3.63) is 12.2 Å². The highest BCUT2D eigenvalue weighted by molar-refractivity contribution is 5.74. The summed E-state index contributed by atoms with van der Waals surface area (Å²) in [4.78, 5) is 14.5. The molecule has 0 aromatic carbocycles. The van der Waals surface area contributed by atoms with Crippen LogP contribution in [-0.4, -0.2) is 54.9 Å². The van der Waals surface area contributed by atoms with Gasteiger partial charge in [-0.3, -0.25) is 0 Å². The number of carbonyl (C=O) groups is 1. The topological polar surface area (TPSA) is 64.6 Å². The molecule has 23 heavy (non-hydrogen) atoms. The Kier molecular flexibility index (Phi) is 7.37. The first-order valence-electron chi connectivity index (χ1n) is 9.12. The summed E-state index contributed by atoms with van der Waals surface area (Å²) in [6.45, 7) is 9.00. The number of amides is 2. The number of piperidine rings is 1. The molecule has 0 aromatic heterocycles. The van der Waals surface area contributed by atoms with E-state index >= 15 is 0 Å². The smallest absolute Gasteiger partial charge is 0.315 e. The van der Waals surface area contributed by atoms with Gasteiger partial charge in [0, 0.05) is 25.1 Å². The van der Waals surface area contributed by atoms with Crippen LogP contribution in [0.15, 0.2) is 12.2 Å². The zero-order valence-electron chi connectivity index (χ0n) is 14.6. The van der Waals surface area contributed by atoms with Crippen molar-refractivity contribution in [3.63, 3.8) is 0 Å². The Bertz CT molecular complexity index is 390. The van der Waals surface area contributed by atoms with Gasteiger partial charge >= 0.3 is 6.03 Å². The number of hydrogen-bond donors (Lipinski definition) is 3. The van der Waals surface area contributed by atoms with Crippen LogP contribution in [-0.2, 0) is 0 Å². The first kappa shape index (κ1) is 18.3.